The molecule has 144 valence electrons. The van der Waals surface area contributed by atoms with Crippen LogP contribution in [-0.4, -0.2) is 34.8 Å². The predicted molar refractivity (Wildman–Crippen MR) is 113 cm³/mol. The normalized spacial score (nSPS) is 13.3. The van der Waals surface area contributed by atoms with Gasteiger partial charge in [0.2, 0.25) is 5.91 Å². The summed E-state index contributed by atoms with van der Waals surface area (Å²) in [4.78, 5) is 31.2. The Morgan fingerprint density at radius 2 is 1.96 bits per heavy atom. The van der Waals surface area contributed by atoms with E-state index in [0.29, 0.717) is 24.6 Å². The topological polar surface area (TPSA) is 62.3 Å². The molecule has 2 aromatic heterocycles. The molecule has 1 fully saturated rings. The highest BCUT2D eigenvalue weighted by atomic mass is 32.1. The Labute approximate surface area is 172 Å². The van der Waals surface area contributed by atoms with Gasteiger partial charge in [-0.15, -0.1) is 11.3 Å². The maximum absolute atomic E-state index is 12.9. The number of carbonyl (C=O) groups excluding carboxylic acids is 2. The molecule has 5 nitrogen and oxygen atoms in total. The first kappa shape index (κ1) is 18.8. The molecule has 1 aromatic carbocycles. The summed E-state index contributed by atoms with van der Waals surface area (Å²) < 4.78 is 0. The third-order valence-electron chi connectivity index (χ3n) is 4.76. The van der Waals surface area contributed by atoms with Gasteiger partial charge in [0.05, 0.1) is 12.1 Å². The van der Waals surface area contributed by atoms with Crippen molar-refractivity contribution in [3.05, 3.63) is 63.3 Å². The third-order valence-corrected chi connectivity index (χ3v) is 6.38. The van der Waals surface area contributed by atoms with Gasteiger partial charge in [0.15, 0.2) is 0 Å². The van der Waals surface area contributed by atoms with Crippen LogP contribution in [0.5, 0.6) is 0 Å². The fourth-order valence-corrected chi connectivity index (χ4v) is 4.60. The molecular formula is C21H21N3O2S2. The summed E-state index contributed by atoms with van der Waals surface area (Å²) in [5, 5.41) is 9.67. The number of aromatic nitrogens is 1. The molecule has 2 heterocycles. The van der Waals surface area contributed by atoms with Gasteiger partial charge in [0.25, 0.3) is 5.91 Å². The highest BCUT2D eigenvalue weighted by Crippen LogP contribution is 2.30. The minimum absolute atomic E-state index is 0.105. The van der Waals surface area contributed by atoms with Crippen LogP contribution in [0.4, 0.5) is 0 Å². The number of thiazole rings is 1. The second kappa shape index (κ2) is 8.24. The first-order valence-corrected chi connectivity index (χ1v) is 11.0. The molecule has 0 unspecified atom stereocenters. The van der Waals surface area contributed by atoms with Gasteiger partial charge in [-0.05, 0) is 42.0 Å². The number of benzene rings is 1. The van der Waals surface area contributed by atoms with Crippen molar-refractivity contribution < 1.29 is 9.59 Å². The van der Waals surface area contributed by atoms with Crippen LogP contribution in [0.15, 0.2) is 46.5 Å². The van der Waals surface area contributed by atoms with Crippen LogP contribution in [-0.2, 0) is 17.8 Å². The van der Waals surface area contributed by atoms with Gasteiger partial charge < -0.3 is 10.2 Å². The lowest BCUT2D eigenvalue weighted by atomic mass is 10.1. The van der Waals surface area contributed by atoms with E-state index in [-0.39, 0.29) is 11.8 Å². The van der Waals surface area contributed by atoms with Crippen molar-refractivity contribution in [1.29, 1.82) is 0 Å². The van der Waals surface area contributed by atoms with Gasteiger partial charge in [-0.1, -0.05) is 12.1 Å². The predicted octanol–water partition coefficient (Wildman–Crippen LogP) is 3.96. The molecule has 28 heavy (non-hydrogen) atoms. The van der Waals surface area contributed by atoms with Crippen molar-refractivity contribution in [2.45, 2.75) is 31.8 Å². The molecule has 1 aliphatic carbocycles. The lowest BCUT2D eigenvalue weighted by Gasteiger charge is -2.22. The van der Waals surface area contributed by atoms with E-state index in [9.17, 15) is 9.59 Å². The third kappa shape index (κ3) is 4.31. The Kier molecular flexibility index (Phi) is 5.54. The molecule has 4 rings (SSSR count). The molecule has 1 aliphatic rings. The van der Waals surface area contributed by atoms with Gasteiger partial charge in [0.1, 0.15) is 5.01 Å². The van der Waals surface area contributed by atoms with Crippen LogP contribution in [0, 0.1) is 0 Å². The van der Waals surface area contributed by atoms with Crippen molar-refractivity contribution in [3.63, 3.8) is 0 Å². The number of amides is 2. The SMILES string of the molecule is CNC(=O)c1ccc(CN(C(=O)Cc2csc(-c3ccsc3)n2)C2CC2)cc1. The van der Waals surface area contributed by atoms with Crippen LogP contribution in [0.2, 0.25) is 0 Å². The van der Waals surface area contributed by atoms with Crippen LogP contribution < -0.4 is 5.32 Å². The first-order chi connectivity index (χ1) is 13.6. The molecule has 0 atom stereocenters. The molecule has 3 aromatic rings. The highest BCUT2D eigenvalue weighted by Gasteiger charge is 2.32. The number of nitrogens with zero attached hydrogens (tertiary/aromatic N) is 2. The lowest BCUT2D eigenvalue weighted by molar-refractivity contribution is -0.131. The zero-order chi connectivity index (χ0) is 19.5. The van der Waals surface area contributed by atoms with E-state index >= 15 is 0 Å². The van der Waals surface area contributed by atoms with Crippen LogP contribution >= 0.6 is 22.7 Å². The summed E-state index contributed by atoms with van der Waals surface area (Å²) in [7, 11) is 1.62. The molecule has 1 N–H and O–H groups in total. The zero-order valence-electron chi connectivity index (χ0n) is 15.6. The number of carbonyl (C=O) groups is 2. The number of hydrogen-bond acceptors (Lipinski definition) is 5. The van der Waals surface area contributed by atoms with Gasteiger partial charge in [-0.2, -0.15) is 11.3 Å². The van der Waals surface area contributed by atoms with Gasteiger partial charge in [0, 0.05) is 41.5 Å². The molecule has 0 saturated heterocycles. The minimum Gasteiger partial charge on any atom is -0.355 e. The van der Waals surface area contributed by atoms with Crippen LogP contribution in [0.3, 0.4) is 0 Å². The zero-order valence-corrected chi connectivity index (χ0v) is 17.2. The number of hydrogen-bond donors (Lipinski definition) is 1. The summed E-state index contributed by atoms with van der Waals surface area (Å²) in [5.74, 6) is 0.00619. The fourth-order valence-electron chi connectivity index (χ4n) is 3.07. The van der Waals surface area contributed by atoms with Crippen molar-refractivity contribution in [3.8, 4) is 10.6 Å². The van der Waals surface area contributed by atoms with Crippen molar-refractivity contribution in [1.82, 2.24) is 15.2 Å². The molecule has 0 spiro atoms. The van der Waals surface area contributed by atoms with E-state index in [1.807, 2.05) is 33.9 Å². The monoisotopic (exact) mass is 411 g/mol. The van der Waals surface area contributed by atoms with Gasteiger partial charge in [-0.25, -0.2) is 4.98 Å². The van der Waals surface area contributed by atoms with E-state index < -0.39 is 0 Å². The average Bonchev–Trinajstić information content (AvgIpc) is 3.19. The summed E-state index contributed by atoms with van der Waals surface area (Å²) in [6.07, 6.45) is 2.44. The van der Waals surface area contributed by atoms with Crippen LogP contribution in [0.25, 0.3) is 10.6 Å². The molecule has 1 saturated carbocycles. The van der Waals surface area contributed by atoms with Gasteiger partial charge >= 0.3 is 0 Å². The molecule has 7 heteroatoms. The van der Waals surface area contributed by atoms with Crippen LogP contribution in [0.1, 0.15) is 34.5 Å². The summed E-state index contributed by atoms with van der Waals surface area (Å²) >= 11 is 3.23. The van der Waals surface area contributed by atoms with Crippen molar-refractivity contribution >= 4 is 34.5 Å². The van der Waals surface area contributed by atoms with E-state index in [2.05, 4.69) is 15.7 Å². The summed E-state index contributed by atoms with van der Waals surface area (Å²) in [6.45, 7) is 0.569. The van der Waals surface area contributed by atoms with E-state index in [4.69, 9.17) is 0 Å². The highest BCUT2D eigenvalue weighted by molar-refractivity contribution is 7.14. The Bertz CT molecular complexity index is 960. The molecule has 0 aliphatic heterocycles. The molecule has 2 amide bonds. The second-order valence-electron chi connectivity index (χ2n) is 6.86. The smallest absolute Gasteiger partial charge is 0.251 e. The minimum atomic E-state index is -0.105. The van der Waals surface area contributed by atoms with E-state index in [0.717, 1.165) is 34.7 Å². The van der Waals surface area contributed by atoms with E-state index in [1.54, 1.807) is 41.9 Å². The standard InChI is InChI=1S/C21H21N3O2S2/c1-22-20(26)15-4-2-14(3-5-15)11-24(18-6-7-18)19(25)10-17-13-28-21(23-17)16-8-9-27-12-16/h2-5,8-9,12-13,18H,6-7,10-11H2,1H3,(H,22,26). The van der Waals surface area contributed by atoms with E-state index in [1.165, 1.54) is 0 Å². The summed E-state index contributed by atoms with van der Waals surface area (Å²) in [5.41, 5.74) is 3.60. The number of thiophene rings is 1. The number of rotatable bonds is 7. The van der Waals surface area contributed by atoms with Crippen molar-refractivity contribution in [2.75, 3.05) is 7.05 Å². The summed E-state index contributed by atoms with van der Waals surface area (Å²) in [6, 6.07) is 9.82. The maximum atomic E-state index is 12.9. The maximum Gasteiger partial charge on any atom is 0.251 e. The first-order valence-electron chi connectivity index (χ1n) is 9.21. The number of nitrogens with one attached hydrogen (secondary N) is 1. The Hall–Kier alpha value is -2.51. The Balaban J connectivity index is 1.43. The molecule has 0 bridgehead atoms. The van der Waals surface area contributed by atoms with Crippen molar-refractivity contribution in [2.24, 2.45) is 0 Å². The second-order valence-corrected chi connectivity index (χ2v) is 8.50. The lowest BCUT2D eigenvalue weighted by Crippen LogP contribution is -2.33. The average molecular weight is 412 g/mol. The largest absolute Gasteiger partial charge is 0.355 e. The van der Waals surface area contributed by atoms with Gasteiger partial charge in [-0.3, -0.25) is 9.59 Å². The Morgan fingerprint density at radius 1 is 1.18 bits per heavy atom. The fraction of sp³-hybridized carbons (Fsp3) is 0.286. The molecule has 0 radical (unpaired) electrons. The Morgan fingerprint density at radius 3 is 2.61 bits per heavy atom. The molecular weight excluding hydrogens is 390 g/mol. The quantitative estimate of drug-likeness (QED) is 0.640.